The summed E-state index contributed by atoms with van der Waals surface area (Å²) in [4.78, 5) is 44.1. The van der Waals surface area contributed by atoms with E-state index in [0.717, 1.165) is 5.56 Å². The van der Waals surface area contributed by atoms with E-state index in [1.165, 1.54) is 34.1 Å². The number of thioether (sulfide) groups is 1. The standard InChI is InChI=1S/C22H22N2O5S2/c1-4-10-29-21(28)17-22(2,3)31-20-14(19(27)24(17)20)16(26)15(25)13-11-30-18(23-13)12-8-6-5-7-9-12/h4-9,11,14,16-17,20,26H,1,10H2,2-3H3/t14-,16+,17+,20-/m1/s1. The van der Waals surface area contributed by atoms with Crippen LogP contribution in [-0.4, -0.2) is 61.5 Å². The highest BCUT2D eigenvalue weighted by molar-refractivity contribution is 8.01. The normalized spacial score (nSPS) is 24.8. The minimum absolute atomic E-state index is 0.0564. The Kier molecular flexibility index (Phi) is 5.76. The average Bonchev–Trinajstić information content (AvgIpc) is 3.33. The number of ether oxygens (including phenoxy) is 1. The third kappa shape index (κ3) is 3.71. The van der Waals surface area contributed by atoms with Crippen LogP contribution in [0.4, 0.5) is 0 Å². The highest BCUT2D eigenvalue weighted by Crippen LogP contribution is 2.54. The molecule has 0 saturated carbocycles. The van der Waals surface area contributed by atoms with Crippen molar-refractivity contribution in [2.75, 3.05) is 6.61 Å². The van der Waals surface area contributed by atoms with E-state index in [4.69, 9.17) is 4.74 Å². The monoisotopic (exact) mass is 458 g/mol. The fourth-order valence-corrected chi connectivity index (χ4v) is 6.48. The Morgan fingerprint density at radius 1 is 1.35 bits per heavy atom. The summed E-state index contributed by atoms with van der Waals surface area (Å²) >= 11 is 2.70. The summed E-state index contributed by atoms with van der Waals surface area (Å²) in [6.07, 6.45) is -0.0590. The van der Waals surface area contributed by atoms with Crippen LogP contribution in [-0.2, 0) is 14.3 Å². The maximum Gasteiger partial charge on any atom is 0.330 e. The van der Waals surface area contributed by atoms with Gasteiger partial charge in [-0.2, -0.15) is 0 Å². The molecule has 3 heterocycles. The Labute approximate surface area is 188 Å². The topological polar surface area (TPSA) is 96.8 Å². The van der Waals surface area contributed by atoms with Gasteiger partial charge in [0.2, 0.25) is 11.7 Å². The lowest BCUT2D eigenvalue weighted by atomic mass is 9.86. The number of fused-ring (bicyclic) bond motifs is 1. The maximum atomic E-state index is 12.9. The molecule has 2 saturated heterocycles. The Bertz CT molecular complexity index is 1040. The average molecular weight is 459 g/mol. The van der Waals surface area contributed by atoms with Gasteiger partial charge in [0.1, 0.15) is 35.4 Å². The molecule has 2 fully saturated rings. The van der Waals surface area contributed by atoms with Crippen molar-refractivity contribution in [3.63, 3.8) is 0 Å². The summed E-state index contributed by atoms with van der Waals surface area (Å²) in [6.45, 7) is 7.28. The van der Waals surface area contributed by atoms with E-state index in [9.17, 15) is 19.5 Å². The number of thiazole rings is 1. The van der Waals surface area contributed by atoms with E-state index in [2.05, 4.69) is 11.6 Å². The van der Waals surface area contributed by atoms with Gasteiger partial charge >= 0.3 is 5.97 Å². The predicted molar refractivity (Wildman–Crippen MR) is 119 cm³/mol. The fourth-order valence-electron chi connectivity index (χ4n) is 3.95. The molecule has 2 aliphatic heterocycles. The largest absolute Gasteiger partial charge is 0.460 e. The van der Waals surface area contributed by atoms with Crippen LogP contribution in [0.15, 0.2) is 48.4 Å². The number of Topliss-reactive ketones (excluding diaryl/α,β-unsaturated/α-hetero) is 1. The number of nitrogens with zero attached hydrogens (tertiary/aromatic N) is 2. The molecule has 7 nitrogen and oxygen atoms in total. The number of amides is 1. The second-order valence-electron chi connectivity index (χ2n) is 7.92. The highest BCUT2D eigenvalue weighted by Gasteiger charge is 2.66. The van der Waals surface area contributed by atoms with Crippen molar-refractivity contribution in [1.29, 1.82) is 0 Å². The van der Waals surface area contributed by atoms with Gasteiger partial charge in [0.25, 0.3) is 0 Å². The lowest BCUT2D eigenvalue weighted by molar-refractivity contribution is -0.169. The Morgan fingerprint density at radius 2 is 2.06 bits per heavy atom. The molecular weight excluding hydrogens is 436 g/mol. The smallest absolute Gasteiger partial charge is 0.330 e. The second kappa shape index (κ2) is 8.22. The lowest BCUT2D eigenvalue weighted by Crippen LogP contribution is -2.66. The molecular formula is C22H22N2O5S2. The first-order valence-electron chi connectivity index (χ1n) is 9.77. The van der Waals surface area contributed by atoms with Crippen molar-refractivity contribution in [3.05, 3.63) is 54.1 Å². The van der Waals surface area contributed by atoms with Crippen molar-refractivity contribution < 1.29 is 24.2 Å². The van der Waals surface area contributed by atoms with Gasteiger partial charge in [0, 0.05) is 15.7 Å². The molecule has 4 rings (SSSR count). The lowest BCUT2D eigenvalue weighted by Gasteiger charge is -2.45. The molecule has 162 valence electrons. The van der Waals surface area contributed by atoms with Gasteiger partial charge in [0.05, 0.1) is 5.37 Å². The first kappa shape index (κ1) is 21.7. The molecule has 1 N–H and O–H groups in total. The van der Waals surface area contributed by atoms with Gasteiger partial charge in [-0.15, -0.1) is 23.1 Å². The Balaban J connectivity index is 1.51. The van der Waals surface area contributed by atoms with E-state index >= 15 is 0 Å². The third-order valence-corrected chi connectivity index (χ3v) is 7.92. The van der Waals surface area contributed by atoms with Crippen molar-refractivity contribution in [3.8, 4) is 10.6 Å². The van der Waals surface area contributed by atoms with Crippen LogP contribution in [0.5, 0.6) is 0 Å². The van der Waals surface area contributed by atoms with Crippen molar-refractivity contribution in [2.24, 2.45) is 5.92 Å². The number of aromatic nitrogens is 1. The summed E-state index contributed by atoms with van der Waals surface area (Å²) in [7, 11) is 0. The van der Waals surface area contributed by atoms with Gasteiger partial charge in [-0.1, -0.05) is 43.0 Å². The number of carbonyl (C=O) groups excluding carboxylic acids is 3. The zero-order valence-corrected chi connectivity index (χ0v) is 18.7. The van der Waals surface area contributed by atoms with Crippen LogP contribution in [0, 0.1) is 5.92 Å². The third-order valence-electron chi connectivity index (χ3n) is 5.44. The van der Waals surface area contributed by atoms with Crippen LogP contribution in [0.3, 0.4) is 0 Å². The predicted octanol–water partition coefficient (Wildman–Crippen LogP) is 2.76. The number of carbonyl (C=O) groups is 3. The SMILES string of the molecule is C=CCOC(=O)[C@@H]1N2C(=O)[C@@H]([C@H](O)C(=O)c3csc(-c4ccccc4)n3)[C@H]2SC1(C)C. The number of esters is 1. The van der Waals surface area contributed by atoms with Crippen LogP contribution >= 0.6 is 23.1 Å². The second-order valence-corrected chi connectivity index (χ2v) is 10.5. The minimum Gasteiger partial charge on any atom is -0.460 e. The first-order chi connectivity index (χ1) is 14.8. The molecule has 1 aromatic carbocycles. The number of aliphatic hydroxyl groups excluding tert-OH is 1. The van der Waals surface area contributed by atoms with E-state index < -0.39 is 45.8 Å². The van der Waals surface area contributed by atoms with Gasteiger partial charge in [-0.05, 0) is 13.8 Å². The van der Waals surface area contributed by atoms with Gasteiger partial charge in [-0.25, -0.2) is 9.78 Å². The van der Waals surface area contributed by atoms with Crippen LogP contribution in [0.25, 0.3) is 10.6 Å². The molecule has 9 heteroatoms. The number of aliphatic hydroxyl groups is 1. The van der Waals surface area contributed by atoms with Crippen LogP contribution < -0.4 is 0 Å². The summed E-state index contributed by atoms with van der Waals surface area (Å²) in [5.41, 5.74) is 1.01. The molecule has 2 aliphatic rings. The molecule has 0 aliphatic carbocycles. The summed E-state index contributed by atoms with van der Waals surface area (Å²) in [6, 6.07) is 8.65. The number of ketones is 1. The Morgan fingerprint density at radius 3 is 2.74 bits per heavy atom. The molecule has 0 spiro atoms. The summed E-state index contributed by atoms with van der Waals surface area (Å²) in [5, 5.41) is 12.5. The number of hydrogen-bond donors (Lipinski definition) is 1. The number of benzene rings is 1. The zero-order chi connectivity index (χ0) is 22.3. The van der Waals surface area contributed by atoms with E-state index in [1.54, 1.807) is 5.38 Å². The van der Waals surface area contributed by atoms with Crippen LogP contribution in [0.2, 0.25) is 0 Å². The number of rotatable bonds is 7. The van der Waals surface area contributed by atoms with E-state index in [1.807, 2.05) is 44.2 Å². The molecule has 1 amide bonds. The van der Waals surface area contributed by atoms with Crippen molar-refractivity contribution in [2.45, 2.75) is 36.1 Å². The molecule has 4 atom stereocenters. The molecule has 1 aromatic heterocycles. The molecule has 0 radical (unpaired) electrons. The van der Waals surface area contributed by atoms with Crippen molar-refractivity contribution in [1.82, 2.24) is 9.88 Å². The summed E-state index contributed by atoms with van der Waals surface area (Å²) in [5.74, 6) is -2.45. The van der Waals surface area contributed by atoms with E-state index in [-0.39, 0.29) is 12.3 Å². The van der Waals surface area contributed by atoms with Gasteiger partial charge in [-0.3, -0.25) is 9.59 Å². The number of β-lactam (4-membered cyclic amide) rings is 1. The highest BCUT2D eigenvalue weighted by atomic mass is 32.2. The molecule has 0 bridgehead atoms. The minimum atomic E-state index is -1.52. The molecule has 2 aromatic rings. The van der Waals surface area contributed by atoms with Gasteiger partial charge < -0.3 is 14.7 Å². The molecule has 0 unspecified atom stereocenters. The van der Waals surface area contributed by atoms with Crippen LogP contribution in [0.1, 0.15) is 24.3 Å². The van der Waals surface area contributed by atoms with Crippen molar-refractivity contribution >= 4 is 40.8 Å². The first-order valence-corrected chi connectivity index (χ1v) is 11.5. The maximum absolute atomic E-state index is 12.9. The fraction of sp³-hybridized carbons (Fsp3) is 0.364. The molecule has 31 heavy (non-hydrogen) atoms. The zero-order valence-electron chi connectivity index (χ0n) is 17.1. The summed E-state index contributed by atoms with van der Waals surface area (Å²) < 4.78 is 4.55. The number of hydrogen-bond acceptors (Lipinski definition) is 8. The van der Waals surface area contributed by atoms with Gasteiger partial charge in [0.15, 0.2) is 0 Å². The quantitative estimate of drug-likeness (QED) is 0.295. The Hall–Kier alpha value is -2.49. The van der Waals surface area contributed by atoms with E-state index in [0.29, 0.717) is 5.01 Å².